The molecule has 0 rings (SSSR count). The van der Waals surface area contributed by atoms with Crippen LogP contribution in [0, 0.1) is 0 Å². The lowest BCUT2D eigenvalue weighted by atomic mass is 10.1. The van der Waals surface area contributed by atoms with Crippen LogP contribution in [-0.2, 0) is 28.6 Å². The zero-order chi connectivity index (χ0) is 48.6. The lowest BCUT2D eigenvalue weighted by molar-refractivity contribution is -0.167. The molecule has 0 aliphatic carbocycles. The number of ether oxygens (including phenoxy) is 3. The minimum absolute atomic E-state index is 0.0947. The normalized spacial score (nSPS) is 12.7. The van der Waals surface area contributed by atoms with E-state index < -0.39 is 6.10 Å². The van der Waals surface area contributed by atoms with E-state index in [4.69, 9.17) is 14.2 Å². The molecule has 384 valence electrons. The summed E-state index contributed by atoms with van der Waals surface area (Å²) in [6.45, 7) is 6.46. The second-order valence-corrected chi connectivity index (χ2v) is 18.5. The van der Waals surface area contributed by atoms with Crippen LogP contribution in [0.3, 0.4) is 0 Å². The van der Waals surface area contributed by atoms with Gasteiger partial charge in [0.25, 0.3) is 0 Å². The molecule has 0 bridgehead atoms. The maximum absolute atomic E-state index is 12.8. The molecule has 67 heavy (non-hydrogen) atoms. The van der Waals surface area contributed by atoms with E-state index in [0.717, 1.165) is 103 Å². The minimum Gasteiger partial charge on any atom is -0.462 e. The molecule has 0 aliphatic heterocycles. The molecule has 6 heteroatoms. The Hall–Kier alpha value is -3.41. The summed E-state index contributed by atoms with van der Waals surface area (Å²) in [6, 6.07) is 0. The van der Waals surface area contributed by atoms with Crippen LogP contribution in [0.15, 0.2) is 85.1 Å². The van der Waals surface area contributed by atoms with E-state index in [1.54, 1.807) is 0 Å². The molecule has 0 spiro atoms. The van der Waals surface area contributed by atoms with Gasteiger partial charge in [0.2, 0.25) is 0 Å². The van der Waals surface area contributed by atoms with E-state index in [0.29, 0.717) is 19.3 Å². The number of carbonyl (C=O) groups is 3. The molecule has 6 nitrogen and oxygen atoms in total. The fourth-order valence-electron chi connectivity index (χ4n) is 7.63. The van der Waals surface area contributed by atoms with Crippen molar-refractivity contribution < 1.29 is 28.6 Å². The average molecular weight is 933 g/mol. The van der Waals surface area contributed by atoms with Gasteiger partial charge in [0.15, 0.2) is 6.10 Å². The van der Waals surface area contributed by atoms with Crippen LogP contribution >= 0.6 is 0 Å². The lowest BCUT2D eigenvalue weighted by Gasteiger charge is -2.18. The summed E-state index contributed by atoms with van der Waals surface area (Å²) in [5.41, 5.74) is 0. The van der Waals surface area contributed by atoms with Crippen molar-refractivity contribution in [1.82, 2.24) is 0 Å². The predicted octanol–water partition coefficient (Wildman–Crippen LogP) is 18.8. The number of carbonyl (C=O) groups excluding carboxylic acids is 3. The molecule has 0 aromatic heterocycles. The van der Waals surface area contributed by atoms with Crippen LogP contribution in [0.4, 0.5) is 0 Å². The zero-order valence-electron chi connectivity index (χ0n) is 43.9. The Labute approximate surface area is 414 Å². The van der Waals surface area contributed by atoms with Crippen molar-refractivity contribution in [1.29, 1.82) is 0 Å². The quantitative estimate of drug-likeness (QED) is 0.0262. The SMILES string of the molecule is CC/C=C\C/C=C\C/C=C\CCCCCC(=O)OCC(COC(=O)CCCCCCCC/C=C\C/C=C\C/C=C\CCCCC)OC(=O)CCCCCCCCC/C=C\CCCCCCCC. The summed E-state index contributed by atoms with van der Waals surface area (Å²) in [5.74, 6) is -0.937. The van der Waals surface area contributed by atoms with Gasteiger partial charge in [-0.25, -0.2) is 0 Å². The maximum Gasteiger partial charge on any atom is 0.306 e. The van der Waals surface area contributed by atoms with Crippen molar-refractivity contribution in [2.24, 2.45) is 0 Å². The fourth-order valence-corrected chi connectivity index (χ4v) is 7.63. The highest BCUT2D eigenvalue weighted by Gasteiger charge is 2.19. The van der Waals surface area contributed by atoms with E-state index in [1.165, 1.54) is 122 Å². The molecule has 0 heterocycles. The number of unbranched alkanes of at least 4 members (excludes halogenated alkanes) is 25. The van der Waals surface area contributed by atoms with Gasteiger partial charge in [-0.1, -0.05) is 215 Å². The number of hydrogen-bond acceptors (Lipinski definition) is 6. The first-order valence-electron chi connectivity index (χ1n) is 28.1. The Morgan fingerprint density at radius 1 is 0.313 bits per heavy atom. The van der Waals surface area contributed by atoms with E-state index in [2.05, 4.69) is 106 Å². The second kappa shape index (κ2) is 55.2. The van der Waals surface area contributed by atoms with Gasteiger partial charge < -0.3 is 14.2 Å². The molecule has 0 aromatic rings. The van der Waals surface area contributed by atoms with Crippen LogP contribution in [-0.4, -0.2) is 37.2 Å². The third-order valence-electron chi connectivity index (χ3n) is 11.9. The Bertz CT molecular complexity index is 1300. The largest absolute Gasteiger partial charge is 0.462 e. The van der Waals surface area contributed by atoms with Crippen LogP contribution in [0.5, 0.6) is 0 Å². The Kier molecular flexibility index (Phi) is 52.4. The zero-order valence-corrected chi connectivity index (χ0v) is 43.9. The van der Waals surface area contributed by atoms with Crippen molar-refractivity contribution in [3.63, 3.8) is 0 Å². The van der Waals surface area contributed by atoms with Gasteiger partial charge in [-0.2, -0.15) is 0 Å². The number of esters is 3. The molecule has 0 aliphatic rings. The maximum atomic E-state index is 12.8. The Morgan fingerprint density at radius 3 is 0.970 bits per heavy atom. The van der Waals surface area contributed by atoms with E-state index >= 15 is 0 Å². The van der Waals surface area contributed by atoms with Gasteiger partial charge >= 0.3 is 17.9 Å². The third-order valence-corrected chi connectivity index (χ3v) is 11.9. The highest BCUT2D eigenvalue weighted by atomic mass is 16.6. The molecule has 0 aromatic carbocycles. The van der Waals surface area contributed by atoms with E-state index in [1.807, 2.05) is 0 Å². The molecule has 1 unspecified atom stereocenters. The van der Waals surface area contributed by atoms with Crippen LogP contribution in [0.2, 0.25) is 0 Å². The van der Waals surface area contributed by atoms with Gasteiger partial charge in [0.1, 0.15) is 13.2 Å². The first-order valence-corrected chi connectivity index (χ1v) is 28.1. The molecule has 0 amide bonds. The highest BCUT2D eigenvalue weighted by molar-refractivity contribution is 5.71. The summed E-state index contributed by atoms with van der Waals surface area (Å²) in [4.78, 5) is 38.1. The van der Waals surface area contributed by atoms with E-state index in [-0.39, 0.29) is 31.1 Å². The molecule has 1 atom stereocenters. The predicted molar refractivity (Wildman–Crippen MR) is 288 cm³/mol. The van der Waals surface area contributed by atoms with Crippen molar-refractivity contribution in [2.45, 2.75) is 271 Å². The molecule has 0 fully saturated rings. The summed E-state index contributed by atoms with van der Waals surface area (Å²) in [6.07, 6.45) is 71.4. The molecule has 0 saturated carbocycles. The third kappa shape index (κ3) is 53.4. The molecular formula is C61H104O6. The summed E-state index contributed by atoms with van der Waals surface area (Å²) < 4.78 is 16.8. The van der Waals surface area contributed by atoms with Crippen molar-refractivity contribution in [3.05, 3.63) is 85.1 Å². The van der Waals surface area contributed by atoms with Gasteiger partial charge in [0.05, 0.1) is 0 Å². The smallest absolute Gasteiger partial charge is 0.306 e. The molecular weight excluding hydrogens is 829 g/mol. The Balaban J connectivity index is 4.43. The molecule has 0 radical (unpaired) electrons. The van der Waals surface area contributed by atoms with Gasteiger partial charge in [-0.05, 0) is 116 Å². The van der Waals surface area contributed by atoms with Crippen LogP contribution in [0.25, 0.3) is 0 Å². The fraction of sp³-hybridized carbons (Fsp3) is 0.721. The lowest BCUT2D eigenvalue weighted by Crippen LogP contribution is -2.30. The first kappa shape index (κ1) is 63.6. The Morgan fingerprint density at radius 2 is 0.582 bits per heavy atom. The summed E-state index contributed by atoms with van der Waals surface area (Å²) >= 11 is 0. The standard InChI is InChI=1S/C61H104O6/c1-4-7-10-13-16-19-22-25-27-29-30-32-33-36-39-42-45-48-51-54-60(63)66-57-58(56-65-59(62)53-50-47-44-41-38-35-24-21-18-15-12-9-6-3)67-61(64)55-52-49-46-43-40-37-34-31-28-26-23-20-17-14-11-8-5-2/h9,12,16,18-19,21,25-28,30,32,35,38,58H,4-8,10-11,13-15,17,20,22-24,29,31,33-34,36-37,39-57H2,1-3H3/b12-9-,19-16-,21-18-,27-25-,28-26-,32-30-,38-35-. The first-order chi connectivity index (χ1) is 33.0. The van der Waals surface area contributed by atoms with Gasteiger partial charge in [-0.15, -0.1) is 0 Å². The van der Waals surface area contributed by atoms with Crippen molar-refractivity contribution >= 4 is 17.9 Å². The summed E-state index contributed by atoms with van der Waals surface area (Å²) in [5, 5.41) is 0. The number of allylic oxidation sites excluding steroid dienone is 14. The van der Waals surface area contributed by atoms with E-state index in [9.17, 15) is 14.4 Å². The monoisotopic (exact) mass is 933 g/mol. The molecule has 0 N–H and O–H groups in total. The van der Waals surface area contributed by atoms with Crippen molar-refractivity contribution in [3.8, 4) is 0 Å². The number of hydrogen-bond donors (Lipinski definition) is 0. The minimum atomic E-state index is -0.797. The average Bonchev–Trinajstić information content (AvgIpc) is 3.33. The van der Waals surface area contributed by atoms with Gasteiger partial charge in [-0.3, -0.25) is 14.4 Å². The van der Waals surface area contributed by atoms with Crippen LogP contribution in [0.1, 0.15) is 265 Å². The topological polar surface area (TPSA) is 78.9 Å². The molecule has 0 saturated heterocycles. The highest BCUT2D eigenvalue weighted by Crippen LogP contribution is 2.14. The van der Waals surface area contributed by atoms with Crippen LogP contribution < -0.4 is 0 Å². The number of rotatable bonds is 50. The van der Waals surface area contributed by atoms with Gasteiger partial charge in [0, 0.05) is 19.3 Å². The van der Waals surface area contributed by atoms with Crippen molar-refractivity contribution in [2.75, 3.05) is 13.2 Å². The summed E-state index contributed by atoms with van der Waals surface area (Å²) in [7, 11) is 0. The second-order valence-electron chi connectivity index (χ2n) is 18.5.